The zero-order valence-electron chi connectivity index (χ0n) is 9.04. The molecule has 0 bridgehead atoms. The number of benzene rings is 1. The highest BCUT2D eigenvalue weighted by Gasteiger charge is 2.09. The van der Waals surface area contributed by atoms with E-state index in [9.17, 15) is 9.90 Å². The lowest BCUT2D eigenvalue weighted by Crippen LogP contribution is -2.01. The van der Waals surface area contributed by atoms with Gasteiger partial charge in [-0.2, -0.15) is 0 Å². The largest absolute Gasteiger partial charge is 0.456 e. The molecule has 0 aromatic heterocycles. The van der Waals surface area contributed by atoms with Crippen molar-refractivity contribution in [2.24, 2.45) is 0 Å². The quantitative estimate of drug-likeness (QED) is 0.518. The monoisotopic (exact) mass is 316 g/mol. The van der Waals surface area contributed by atoms with E-state index in [2.05, 4.69) is 32.5 Å². The fourth-order valence-electron chi connectivity index (χ4n) is 1.10. The lowest BCUT2D eigenvalue weighted by molar-refractivity contribution is -0.136. The molecule has 1 aromatic carbocycles. The SMILES string of the molecule is CCOC(=O)C#CC(O)c1ccc(Br)cc1Cl. The van der Waals surface area contributed by atoms with E-state index >= 15 is 0 Å². The maximum absolute atomic E-state index is 11.0. The molecule has 1 aromatic rings. The van der Waals surface area contributed by atoms with Gasteiger partial charge in [0.05, 0.1) is 6.61 Å². The van der Waals surface area contributed by atoms with E-state index < -0.39 is 12.1 Å². The topological polar surface area (TPSA) is 46.5 Å². The predicted octanol–water partition coefficient (Wildman–Crippen LogP) is 2.70. The summed E-state index contributed by atoms with van der Waals surface area (Å²) < 4.78 is 5.42. The number of ether oxygens (including phenoxy) is 1. The lowest BCUT2D eigenvalue weighted by atomic mass is 10.1. The van der Waals surface area contributed by atoms with Crippen molar-refractivity contribution in [3.8, 4) is 11.8 Å². The van der Waals surface area contributed by atoms with Crippen molar-refractivity contribution < 1.29 is 14.6 Å². The van der Waals surface area contributed by atoms with Gasteiger partial charge in [-0.05, 0) is 19.1 Å². The summed E-state index contributed by atoms with van der Waals surface area (Å²) in [7, 11) is 0. The summed E-state index contributed by atoms with van der Waals surface area (Å²) in [5.74, 6) is 3.90. The fraction of sp³-hybridized carbons (Fsp3) is 0.250. The Morgan fingerprint density at radius 2 is 2.35 bits per heavy atom. The Kier molecular flexibility index (Phi) is 5.49. The van der Waals surface area contributed by atoms with Crippen LogP contribution in [-0.2, 0) is 9.53 Å². The molecule has 0 fully saturated rings. The van der Waals surface area contributed by atoms with Crippen LogP contribution in [0.4, 0.5) is 0 Å². The first-order valence-electron chi connectivity index (χ1n) is 4.86. The lowest BCUT2D eigenvalue weighted by Gasteiger charge is -2.06. The van der Waals surface area contributed by atoms with E-state index in [4.69, 9.17) is 11.6 Å². The molecule has 3 nitrogen and oxygen atoms in total. The van der Waals surface area contributed by atoms with Crippen molar-refractivity contribution in [2.75, 3.05) is 6.61 Å². The highest BCUT2D eigenvalue weighted by Crippen LogP contribution is 2.25. The zero-order valence-corrected chi connectivity index (χ0v) is 11.4. The van der Waals surface area contributed by atoms with Gasteiger partial charge in [0.1, 0.15) is 6.10 Å². The molecule has 90 valence electrons. The van der Waals surface area contributed by atoms with Gasteiger partial charge in [0, 0.05) is 21.0 Å². The third-order valence-electron chi connectivity index (χ3n) is 1.84. The van der Waals surface area contributed by atoms with Crippen LogP contribution < -0.4 is 0 Å². The Balaban J connectivity index is 2.82. The molecule has 0 aliphatic heterocycles. The third-order valence-corrected chi connectivity index (χ3v) is 2.66. The van der Waals surface area contributed by atoms with Crippen LogP contribution in [0.25, 0.3) is 0 Å². The molecule has 0 heterocycles. The van der Waals surface area contributed by atoms with Crippen molar-refractivity contribution >= 4 is 33.5 Å². The van der Waals surface area contributed by atoms with Gasteiger partial charge >= 0.3 is 5.97 Å². The first kappa shape index (κ1) is 14.0. The van der Waals surface area contributed by atoms with Crippen molar-refractivity contribution in [2.45, 2.75) is 13.0 Å². The van der Waals surface area contributed by atoms with Gasteiger partial charge in [0.15, 0.2) is 0 Å². The molecular weight excluding hydrogens is 307 g/mol. The number of hydrogen-bond donors (Lipinski definition) is 1. The maximum Gasteiger partial charge on any atom is 0.384 e. The van der Waals surface area contributed by atoms with Crippen molar-refractivity contribution in [1.29, 1.82) is 0 Å². The first-order chi connectivity index (χ1) is 8.04. The number of carbonyl (C=O) groups is 1. The molecular formula is C12H10BrClO3. The van der Waals surface area contributed by atoms with E-state index in [1.807, 2.05) is 0 Å². The minimum absolute atomic E-state index is 0.253. The van der Waals surface area contributed by atoms with E-state index in [0.717, 1.165) is 4.47 Å². The van der Waals surface area contributed by atoms with Crippen molar-refractivity contribution in [1.82, 2.24) is 0 Å². The Bertz CT molecular complexity index is 476. The van der Waals surface area contributed by atoms with Gasteiger partial charge in [-0.25, -0.2) is 4.79 Å². The van der Waals surface area contributed by atoms with E-state index in [0.29, 0.717) is 10.6 Å². The Morgan fingerprint density at radius 3 is 2.94 bits per heavy atom. The number of rotatable bonds is 2. The molecule has 0 spiro atoms. The van der Waals surface area contributed by atoms with Gasteiger partial charge in [0.2, 0.25) is 0 Å². The summed E-state index contributed by atoms with van der Waals surface area (Å²) in [4.78, 5) is 11.0. The third kappa shape index (κ3) is 4.39. The number of carbonyl (C=O) groups excluding carboxylic acids is 1. The van der Waals surface area contributed by atoms with Crippen LogP contribution >= 0.6 is 27.5 Å². The van der Waals surface area contributed by atoms with Crippen molar-refractivity contribution in [3.05, 3.63) is 33.3 Å². The van der Waals surface area contributed by atoms with Crippen LogP contribution in [-0.4, -0.2) is 17.7 Å². The van der Waals surface area contributed by atoms with Gasteiger partial charge in [-0.1, -0.05) is 39.5 Å². The van der Waals surface area contributed by atoms with Crippen LogP contribution in [0, 0.1) is 11.8 Å². The minimum atomic E-state index is -1.11. The number of halogens is 2. The Morgan fingerprint density at radius 1 is 1.65 bits per heavy atom. The second-order valence-electron chi connectivity index (χ2n) is 3.06. The smallest absolute Gasteiger partial charge is 0.384 e. The number of aliphatic hydroxyl groups excluding tert-OH is 1. The predicted molar refractivity (Wildman–Crippen MR) is 68.5 cm³/mol. The van der Waals surface area contributed by atoms with Crippen LogP contribution in [0.1, 0.15) is 18.6 Å². The summed E-state index contributed by atoms with van der Waals surface area (Å²) in [6.07, 6.45) is -1.11. The molecule has 17 heavy (non-hydrogen) atoms. The standard InChI is InChI=1S/C12H10BrClO3/c1-2-17-12(16)6-5-11(15)9-4-3-8(13)7-10(9)14/h3-4,7,11,15H,2H2,1H3. The highest BCUT2D eigenvalue weighted by molar-refractivity contribution is 9.10. The summed E-state index contributed by atoms with van der Waals surface area (Å²) >= 11 is 9.18. The van der Waals surface area contributed by atoms with Crippen LogP contribution in [0.5, 0.6) is 0 Å². The average molecular weight is 318 g/mol. The van der Waals surface area contributed by atoms with E-state index in [-0.39, 0.29) is 6.61 Å². The molecule has 1 unspecified atom stereocenters. The number of esters is 1. The summed E-state index contributed by atoms with van der Waals surface area (Å²) in [6, 6.07) is 5.01. The van der Waals surface area contributed by atoms with Gasteiger partial charge in [0.25, 0.3) is 0 Å². The molecule has 0 saturated heterocycles. The molecule has 1 rings (SSSR count). The van der Waals surface area contributed by atoms with Crippen LogP contribution in [0.3, 0.4) is 0 Å². The summed E-state index contributed by atoms with van der Waals surface area (Å²) in [6.45, 7) is 1.93. The van der Waals surface area contributed by atoms with Crippen LogP contribution in [0.2, 0.25) is 5.02 Å². The Hall–Kier alpha value is -1.02. The van der Waals surface area contributed by atoms with Crippen molar-refractivity contribution in [3.63, 3.8) is 0 Å². The second kappa shape index (κ2) is 6.65. The molecule has 5 heteroatoms. The Labute approximate surface area is 113 Å². The number of hydrogen-bond acceptors (Lipinski definition) is 3. The molecule has 0 radical (unpaired) electrons. The summed E-state index contributed by atoms with van der Waals surface area (Å²) in [5.41, 5.74) is 0.451. The molecule has 0 aliphatic carbocycles. The van der Waals surface area contributed by atoms with Gasteiger partial charge in [-0.15, -0.1) is 0 Å². The molecule has 1 atom stereocenters. The minimum Gasteiger partial charge on any atom is -0.456 e. The molecule has 1 N–H and O–H groups in total. The van der Waals surface area contributed by atoms with Gasteiger partial charge < -0.3 is 9.84 Å². The summed E-state index contributed by atoms with van der Waals surface area (Å²) in [5, 5.41) is 10.1. The fourth-order valence-corrected chi connectivity index (χ4v) is 1.87. The average Bonchev–Trinajstić information content (AvgIpc) is 2.26. The number of aliphatic hydroxyl groups is 1. The normalized spacial score (nSPS) is 11.3. The van der Waals surface area contributed by atoms with E-state index in [1.54, 1.807) is 25.1 Å². The molecule has 0 amide bonds. The maximum atomic E-state index is 11.0. The molecule has 0 aliphatic rings. The van der Waals surface area contributed by atoms with Gasteiger partial charge in [-0.3, -0.25) is 0 Å². The molecule has 0 saturated carbocycles. The zero-order chi connectivity index (χ0) is 12.8. The second-order valence-corrected chi connectivity index (χ2v) is 4.38. The van der Waals surface area contributed by atoms with E-state index in [1.165, 1.54) is 0 Å². The highest BCUT2D eigenvalue weighted by atomic mass is 79.9. The first-order valence-corrected chi connectivity index (χ1v) is 6.03. The van der Waals surface area contributed by atoms with Crippen LogP contribution in [0.15, 0.2) is 22.7 Å².